The lowest BCUT2D eigenvalue weighted by molar-refractivity contribution is 0.408. The quantitative estimate of drug-likeness (QED) is 0.602. The Balaban J connectivity index is 1.69. The standard InChI is InChI=1S/C19H16FN5O/c1-19(2,14-7-4-8-15(20)10-14)18-23-17(26-25-18)13-6-3-5-12(9-13)16-21-11-22-24-16/h3-11H,1-2H3,(H,21,22,24). The van der Waals surface area contributed by atoms with E-state index in [1.165, 1.54) is 18.5 Å². The number of aromatic nitrogens is 5. The smallest absolute Gasteiger partial charge is 0.257 e. The van der Waals surface area contributed by atoms with Crippen molar-refractivity contribution in [1.29, 1.82) is 0 Å². The minimum Gasteiger partial charge on any atom is -0.334 e. The van der Waals surface area contributed by atoms with Gasteiger partial charge in [-0.15, -0.1) is 0 Å². The van der Waals surface area contributed by atoms with Crippen molar-refractivity contribution in [3.8, 4) is 22.8 Å². The van der Waals surface area contributed by atoms with E-state index in [0.717, 1.165) is 16.7 Å². The highest BCUT2D eigenvalue weighted by atomic mass is 19.1. The molecular formula is C19H16FN5O. The summed E-state index contributed by atoms with van der Waals surface area (Å²) in [7, 11) is 0. The van der Waals surface area contributed by atoms with Gasteiger partial charge >= 0.3 is 0 Å². The fourth-order valence-corrected chi connectivity index (χ4v) is 2.75. The molecule has 2 aromatic heterocycles. The molecule has 0 aliphatic carbocycles. The van der Waals surface area contributed by atoms with Gasteiger partial charge in [0.05, 0.1) is 5.41 Å². The first-order chi connectivity index (χ1) is 12.5. The highest BCUT2D eigenvalue weighted by Crippen LogP contribution is 2.31. The molecule has 0 bridgehead atoms. The molecule has 4 aromatic rings. The Kier molecular flexibility index (Phi) is 3.84. The maximum absolute atomic E-state index is 13.6. The average molecular weight is 349 g/mol. The van der Waals surface area contributed by atoms with Crippen LogP contribution in [0.15, 0.2) is 59.4 Å². The van der Waals surface area contributed by atoms with Gasteiger partial charge in [-0.3, -0.25) is 5.10 Å². The Labute approximate surface area is 149 Å². The summed E-state index contributed by atoms with van der Waals surface area (Å²) in [5.41, 5.74) is 1.82. The molecule has 1 N–H and O–H groups in total. The van der Waals surface area contributed by atoms with Gasteiger partial charge in [-0.05, 0) is 43.7 Å². The minimum atomic E-state index is -0.591. The van der Waals surface area contributed by atoms with Crippen LogP contribution in [0.1, 0.15) is 25.2 Å². The van der Waals surface area contributed by atoms with Crippen LogP contribution in [0.4, 0.5) is 4.39 Å². The van der Waals surface area contributed by atoms with Crippen molar-refractivity contribution in [2.45, 2.75) is 19.3 Å². The van der Waals surface area contributed by atoms with Gasteiger partial charge < -0.3 is 4.52 Å². The minimum absolute atomic E-state index is 0.293. The molecule has 0 saturated carbocycles. The Morgan fingerprint density at radius 1 is 1.04 bits per heavy atom. The molecule has 130 valence electrons. The van der Waals surface area contributed by atoms with Crippen LogP contribution in [0.5, 0.6) is 0 Å². The third-order valence-electron chi connectivity index (χ3n) is 4.33. The Morgan fingerprint density at radius 3 is 2.62 bits per heavy atom. The molecule has 4 rings (SSSR count). The Bertz CT molecular complexity index is 1040. The third-order valence-corrected chi connectivity index (χ3v) is 4.33. The van der Waals surface area contributed by atoms with Gasteiger partial charge in [-0.2, -0.15) is 10.1 Å². The number of hydrogen-bond acceptors (Lipinski definition) is 5. The number of halogens is 1. The molecule has 0 spiro atoms. The van der Waals surface area contributed by atoms with Crippen molar-refractivity contribution >= 4 is 0 Å². The molecule has 0 fully saturated rings. The SMILES string of the molecule is CC(C)(c1cccc(F)c1)c1noc(-c2cccc(-c3ncn[nH]3)c2)n1. The number of rotatable bonds is 4. The molecule has 2 aromatic carbocycles. The van der Waals surface area contributed by atoms with E-state index in [4.69, 9.17) is 4.52 Å². The van der Waals surface area contributed by atoms with E-state index in [1.807, 2.05) is 44.2 Å². The van der Waals surface area contributed by atoms with Crippen molar-refractivity contribution < 1.29 is 8.91 Å². The molecular weight excluding hydrogens is 333 g/mol. The van der Waals surface area contributed by atoms with Gasteiger partial charge in [0.25, 0.3) is 5.89 Å². The fraction of sp³-hybridized carbons (Fsp3) is 0.158. The first-order valence-electron chi connectivity index (χ1n) is 8.10. The van der Waals surface area contributed by atoms with Crippen LogP contribution in [-0.2, 0) is 5.41 Å². The molecule has 26 heavy (non-hydrogen) atoms. The summed E-state index contributed by atoms with van der Waals surface area (Å²) in [5.74, 6) is 1.25. The maximum Gasteiger partial charge on any atom is 0.257 e. The molecule has 0 amide bonds. The lowest BCUT2D eigenvalue weighted by Crippen LogP contribution is -2.20. The van der Waals surface area contributed by atoms with Gasteiger partial charge in [0.2, 0.25) is 0 Å². The van der Waals surface area contributed by atoms with Crippen LogP contribution in [0.25, 0.3) is 22.8 Å². The van der Waals surface area contributed by atoms with E-state index in [2.05, 4.69) is 25.3 Å². The molecule has 2 heterocycles. The third kappa shape index (κ3) is 2.88. The van der Waals surface area contributed by atoms with E-state index >= 15 is 0 Å². The zero-order valence-electron chi connectivity index (χ0n) is 14.3. The second kappa shape index (κ2) is 6.18. The zero-order valence-corrected chi connectivity index (χ0v) is 14.3. The van der Waals surface area contributed by atoms with Gasteiger partial charge in [0.1, 0.15) is 12.1 Å². The van der Waals surface area contributed by atoms with Crippen molar-refractivity contribution in [2.75, 3.05) is 0 Å². The summed E-state index contributed by atoms with van der Waals surface area (Å²) < 4.78 is 19.0. The number of aromatic amines is 1. The zero-order chi connectivity index (χ0) is 18.1. The summed E-state index contributed by atoms with van der Waals surface area (Å²) in [6.07, 6.45) is 1.45. The summed E-state index contributed by atoms with van der Waals surface area (Å²) in [5, 5.41) is 10.8. The normalized spacial score (nSPS) is 11.7. The molecule has 0 aliphatic rings. The number of hydrogen-bond donors (Lipinski definition) is 1. The summed E-state index contributed by atoms with van der Waals surface area (Å²) in [4.78, 5) is 8.68. The predicted molar refractivity (Wildman–Crippen MR) is 93.6 cm³/mol. The second-order valence-corrected chi connectivity index (χ2v) is 6.47. The van der Waals surface area contributed by atoms with E-state index in [-0.39, 0.29) is 5.82 Å². The first-order valence-corrected chi connectivity index (χ1v) is 8.10. The van der Waals surface area contributed by atoms with E-state index in [0.29, 0.717) is 17.5 Å². The fourth-order valence-electron chi connectivity index (χ4n) is 2.75. The topological polar surface area (TPSA) is 80.5 Å². The first kappa shape index (κ1) is 16.1. The van der Waals surface area contributed by atoms with Crippen LogP contribution in [0.3, 0.4) is 0 Å². The number of H-pyrrole nitrogens is 1. The highest BCUT2D eigenvalue weighted by Gasteiger charge is 2.29. The van der Waals surface area contributed by atoms with Crippen LogP contribution < -0.4 is 0 Å². The lowest BCUT2D eigenvalue weighted by atomic mass is 9.84. The van der Waals surface area contributed by atoms with Crippen molar-refractivity contribution in [3.63, 3.8) is 0 Å². The van der Waals surface area contributed by atoms with Gasteiger partial charge in [0, 0.05) is 11.1 Å². The lowest BCUT2D eigenvalue weighted by Gasteiger charge is -2.20. The van der Waals surface area contributed by atoms with Crippen molar-refractivity contribution in [2.24, 2.45) is 0 Å². The number of nitrogens with one attached hydrogen (secondary N) is 1. The second-order valence-electron chi connectivity index (χ2n) is 6.47. The van der Waals surface area contributed by atoms with Crippen molar-refractivity contribution in [1.82, 2.24) is 25.3 Å². The van der Waals surface area contributed by atoms with E-state index < -0.39 is 5.41 Å². The van der Waals surface area contributed by atoms with Crippen LogP contribution in [-0.4, -0.2) is 25.3 Å². The predicted octanol–water partition coefficient (Wildman–Crippen LogP) is 3.99. The van der Waals surface area contributed by atoms with Gasteiger partial charge in [-0.1, -0.05) is 29.4 Å². The van der Waals surface area contributed by atoms with E-state index in [1.54, 1.807) is 6.07 Å². The monoisotopic (exact) mass is 349 g/mol. The molecule has 0 radical (unpaired) electrons. The molecule has 7 heteroatoms. The van der Waals surface area contributed by atoms with Crippen LogP contribution >= 0.6 is 0 Å². The van der Waals surface area contributed by atoms with Crippen LogP contribution in [0, 0.1) is 5.82 Å². The largest absolute Gasteiger partial charge is 0.334 e. The average Bonchev–Trinajstić information content (AvgIpc) is 3.34. The van der Waals surface area contributed by atoms with Crippen LogP contribution in [0.2, 0.25) is 0 Å². The van der Waals surface area contributed by atoms with Gasteiger partial charge in [0.15, 0.2) is 11.6 Å². The Morgan fingerprint density at radius 2 is 1.85 bits per heavy atom. The summed E-state index contributed by atoms with van der Waals surface area (Å²) in [6.45, 7) is 3.86. The molecule has 6 nitrogen and oxygen atoms in total. The molecule has 0 unspecified atom stereocenters. The molecule has 0 aliphatic heterocycles. The Hall–Kier alpha value is -3.35. The number of benzene rings is 2. The maximum atomic E-state index is 13.6. The number of nitrogens with zero attached hydrogens (tertiary/aromatic N) is 4. The van der Waals surface area contributed by atoms with Crippen molar-refractivity contribution in [3.05, 3.63) is 72.1 Å². The summed E-state index contributed by atoms with van der Waals surface area (Å²) in [6, 6.07) is 14.0. The molecule has 0 saturated heterocycles. The summed E-state index contributed by atoms with van der Waals surface area (Å²) >= 11 is 0. The van der Waals surface area contributed by atoms with Gasteiger partial charge in [-0.25, -0.2) is 9.37 Å². The highest BCUT2D eigenvalue weighted by molar-refractivity contribution is 5.64. The van der Waals surface area contributed by atoms with E-state index in [9.17, 15) is 4.39 Å². The molecule has 0 atom stereocenters.